The summed E-state index contributed by atoms with van der Waals surface area (Å²) in [6.45, 7) is 0.426. The minimum Gasteiger partial charge on any atom is -0.423 e. The first-order valence-corrected chi connectivity index (χ1v) is 7.64. The second-order valence-corrected chi connectivity index (χ2v) is 5.86. The lowest BCUT2D eigenvalue weighted by Gasteiger charge is -2.06. The lowest BCUT2D eigenvalue weighted by atomic mass is 9.78. The SMILES string of the molecule is O=C(Cc1ccc2c(c1)B(O)OC2)c1ccc2ccccc2c1. The second-order valence-electron chi connectivity index (χ2n) is 5.86. The van der Waals surface area contributed by atoms with Crippen LogP contribution in [0.25, 0.3) is 10.8 Å². The molecule has 0 unspecified atom stereocenters. The number of fused-ring (bicyclic) bond motifs is 2. The first kappa shape index (κ1) is 14.2. The Morgan fingerprint density at radius 2 is 1.87 bits per heavy atom. The van der Waals surface area contributed by atoms with Crippen molar-refractivity contribution in [1.29, 1.82) is 0 Å². The van der Waals surface area contributed by atoms with Crippen molar-refractivity contribution in [2.45, 2.75) is 13.0 Å². The van der Waals surface area contributed by atoms with Crippen LogP contribution < -0.4 is 5.46 Å². The van der Waals surface area contributed by atoms with Gasteiger partial charge < -0.3 is 9.68 Å². The van der Waals surface area contributed by atoms with Crippen molar-refractivity contribution in [2.24, 2.45) is 0 Å². The number of ketones is 1. The number of carbonyl (C=O) groups excluding carboxylic acids is 1. The molecule has 1 N–H and O–H groups in total. The van der Waals surface area contributed by atoms with Crippen LogP contribution in [0.5, 0.6) is 0 Å². The molecule has 0 saturated carbocycles. The van der Waals surface area contributed by atoms with Crippen LogP contribution in [-0.4, -0.2) is 17.9 Å². The lowest BCUT2D eigenvalue weighted by Crippen LogP contribution is -2.28. The standard InChI is InChI=1S/C19H15BO3/c21-19(16-8-7-14-3-1-2-4-15(14)11-16)10-13-5-6-17-12-23-20(22)18(17)9-13/h1-9,11,22H,10,12H2. The molecular weight excluding hydrogens is 287 g/mol. The maximum atomic E-state index is 12.5. The van der Waals surface area contributed by atoms with Crippen LogP contribution in [0.3, 0.4) is 0 Å². The van der Waals surface area contributed by atoms with E-state index in [4.69, 9.17) is 4.65 Å². The molecule has 3 aromatic rings. The molecule has 0 radical (unpaired) electrons. The van der Waals surface area contributed by atoms with Gasteiger partial charge in [-0.05, 0) is 33.4 Å². The molecule has 3 aromatic carbocycles. The normalized spacial score (nSPS) is 13.3. The molecule has 0 aliphatic carbocycles. The quantitative estimate of drug-likeness (QED) is 0.597. The highest BCUT2D eigenvalue weighted by atomic mass is 16.5. The van der Waals surface area contributed by atoms with E-state index in [0.717, 1.165) is 27.4 Å². The number of rotatable bonds is 3. The summed E-state index contributed by atoms with van der Waals surface area (Å²) < 4.78 is 5.19. The molecule has 0 bridgehead atoms. The van der Waals surface area contributed by atoms with Gasteiger partial charge in [0.25, 0.3) is 0 Å². The van der Waals surface area contributed by atoms with E-state index in [9.17, 15) is 9.82 Å². The van der Waals surface area contributed by atoms with Crippen LogP contribution in [0.1, 0.15) is 21.5 Å². The predicted molar refractivity (Wildman–Crippen MR) is 90.8 cm³/mol. The van der Waals surface area contributed by atoms with Gasteiger partial charge in [-0.2, -0.15) is 0 Å². The Balaban J connectivity index is 1.60. The van der Waals surface area contributed by atoms with E-state index in [2.05, 4.69) is 0 Å². The minimum atomic E-state index is -0.874. The summed E-state index contributed by atoms with van der Waals surface area (Å²) >= 11 is 0. The van der Waals surface area contributed by atoms with Crippen LogP contribution in [0.2, 0.25) is 0 Å². The van der Waals surface area contributed by atoms with Crippen molar-refractivity contribution in [1.82, 2.24) is 0 Å². The molecule has 112 valence electrons. The van der Waals surface area contributed by atoms with Crippen molar-refractivity contribution >= 4 is 29.1 Å². The molecule has 0 spiro atoms. The van der Waals surface area contributed by atoms with Gasteiger partial charge in [0.05, 0.1) is 6.61 Å². The molecule has 0 atom stereocenters. The third kappa shape index (κ3) is 2.67. The van der Waals surface area contributed by atoms with E-state index in [1.807, 2.05) is 60.7 Å². The molecule has 4 heteroatoms. The van der Waals surface area contributed by atoms with Crippen LogP contribution >= 0.6 is 0 Å². The smallest absolute Gasteiger partial charge is 0.423 e. The Morgan fingerprint density at radius 1 is 1.04 bits per heavy atom. The van der Waals surface area contributed by atoms with Gasteiger partial charge in [-0.25, -0.2) is 0 Å². The predicted octanol–water partition coefficient (Wildman–Crippen LogP) is 2.48. The van der Waals surface area contributed by atoms with Crippen molar-refractivity contribution in [3.8, 4) is 0 Å². The molecule has 1 heterocycles. The molecule has 1 aliphatic heterocycles. The van der Waals surface area contributed by atoms with E-state index < -0.39 is 7.12 Å². The van der Waals surface area contributed by atoms with E-state index in [-0.39, 0.29) is 5.78 Å². The molecule has 4 rings (SSSR count). The highest BCUT2D eigenvalue weighted by Gasteiger charge is 2.27. The summed E-state index contributed by atoms with van der Waals surface area (Å²) in [5.41, 5.74) is 3.36. The lowest BCUT2D eigenvalue weighted by molar-refractivity contribution is 0.0993. The van der Waals surface area contributed by atoms with E-state index in [1.54, 1.807) is 0 Å². The minimum absolute atomic E-state index is 0.0732. The Labute approximate surface area is 134 Å². The summed E-state index contributed by atoms with van der Waals surface area (Å²) in [5.74, 6) is 0.0732. The average Bonchev–Trinajstić information content (AvgIpc) is 2.95. The van der Waals surface area contributed by atoms with Gasteiger partial charge >= 0.3 is 7.12 Å². The first-order chi connectivity index (χ1) is 11.2. The average molecular weight is 302 g/mol. The highest BCUT2D eigenvalue weighted by Crippen LogP contribution is 2.18. The van der Waals surface area contributed by atoms with Crippen LogP contribution in [0.4, 0.5) is 0 Å². The molecule has 0 amide bonds. The van der Waals surface area contributed by atoms with Crippen molar-refractivity contribution < 1.29 is 14.5 Å². The van der Waals surface area contributed by atoms with Crippen molar-refractivity contribution in [2.75, 3.05) is 0 Å². The fourth-order valence-electron chi connectivity index (χ4n) is 3.02. The van der Waals surface area contributed by atoms with E-state index in [1.165, 1.54) is 0 Å². The first-order valence-electron chi connectivity index (χ1n) is 7.64. The maximum Gasteiger partial charge on any atom is 0.491 e. The Kier molecular flexibility index (Phi) is 3.48. The zero-order valence-electron chi connectivity index (χ0n) is 12.5. The maximum absolute atomic E-state index is 12.5. The molecule has 23 heavy (non-hydrogen) atoms. The van der Waals surface area contributed by atoms with Gasteiger partial charge in [0.15, 0.2) is 5.78 Å². The van der Waals surface area contributed by atoms with Gasteiger partial charge in [-0.1, -0.05) is 54.6 Å². The fourth-order valence-corrected chi connectivity index (χ4v) is 3.02. The van der Waals surface area contributed by atoms with Gasteiger partial charge in [0.2, 0.25) is 0 Å². The van der Waals surface area contributed by atoms with Gasteiger partial charge in [-0.15, -0.1) is 0 Å². The number of Topliss-reactive ketones (excluding diaryl/α,β-unsaturated/α-hetero) is 1. The zero-order chi connectivity index (χ0) is 15.8. The third-order valence-corrected chi connectivity index (χ3v) is 4.31. The van der Waals surface area contributed by atoms with Gasteiger partial charge in [-0.3, -0.25) is 4.79 Å². The van der Waals surface area contributed by atoms with Crippen LogP contribution in [0.15, 0.2) is 60.7 Å². The van der Waals surface area contributed by atoms with E-state index in [0.29, 0.717) is 18.6 Å². The summed E-state index contributed by atoms with van der Waals surface area (Å²) in [6, 6.07) is 19.5. The van der Waals surface area contributed by atoms with Gasteiger partial charge in [0.1, 0.15) is 0 Å². The monoisotopic (exact) mass is 302 g/mol. The molecule has 0 saturated heterocycles. The Morgan fingerprint density at radius 3 is 2.74 bits per heavy atom. The van der Waals surface area contributed by atoms with Crippen LogP contribution in [-0.2, 0) is 17.7 Å². The molecule has 0 fully saturated rings. The largest absolute Gasteiger partial charge is 0.491 e. The number of hydrogen-bond donors (Lipinski definition) is 1. The summed E-state index contributed by atoms with van der Waals surface area (Å²) in [4.78, 5) is 12.5. The number of benzene rings is 3. The second kappa shape index (κ2) is 5.65. The van der Waals surface area contributed by atoms with Crippen molar-refractivity contribution in [3.05, 3.63) is 77.4 Å². The topological polar surface area (TPSA) is 46.5 Å². The van der Waals surface area contributed by atoms with Crippen LogP contribution in [0, 0.1) is 0 Å². The summed E-state index contributed by atoms with van der Waals surface area (Å²) in [5, 5.41) is 12.0. The molecular formula is C19H15BO3. The number of hydrogen-bond acceptors (Lipinski definition) is 3. The number of carbonyl (C=O) groups is 1. The Bertz CT molecular complexity index is 904. The third-order valence-electron chi connectivity index (χ3n) is 4.31. The molecule has 0 aromatic heterocycles. The molecule has 1 aliphatic rings. The zero-order valence-corrected chi connectivity index (χ0v) is 12.5. The summed E-state index contributed by atoms with van der Waals surface area (Å²) in [7, 11) is -0.874. The van der Waals surface area contributed by atoms with Gasteiger partial charge in [0, 0.05) is 12.0 Å². The Hall–Kier alpha value is -2.43. The van der Waals surface area contributed by atoms with Crippen molar-refractivity contribution in [3.63, 3.8) is 0 Å². The summed E-state index contributed by atoms with van der Waals surface area (Å²) in [6.07, 6.45) is 0.318. The highest BCUT2D eigenvalue weighted by molar-refractivity contribution is 6.61. The van der Waals surface area contributed by atoms with E-state index >= 15 is 0 Å². The fraction of sp³-hybridized carbons (Fsp3) is 0.105. The molecule has 3 nitrogen and oxygen atoms in total.